The van der Waals surface area contributed by atoms with Gasteiger partial charge in [0.05, 0.1) is 23.5 Å². The Bertz CT molecular complexity index is 528. The molecule has 0 aliphatic carbocycles. The molecule has 0 radical (unpaired) electrons. The lowest BCUT2D eigenvalue weighted by atomic mass is 10.2. The molecule has 1 aromatic carbocycles. The second kappa shape index (κ2) is 7.33. The maximum absolute atomic E-state index is 12.7. The molecule has 0 saturated carbocycles. The summed E-state index contributed by atoms with van der Waals surface area (Å²) in [6.07, 6.45) is 1.65. The number of nitro benzene ring substituents is 1. The summed E-state index contributed by atoms with van der Waals surface area (Å²) in [5.41, 5.74) is 0.565. The highest BCUT2D eigenvalue weighted by atomic mass is 31.2. The highest BCUT2D eigenvalue weighted by Crippen LogP contribution is 2.60. The van der Waals surface area contributed by atoms with Gasteiger partial charge in [-0.15, -0.1) is 0 Å². The van der Waals surface area contributed by atoms with E-state index in [1.165, 1.54) is 24.3 Å². The number of nitrogens with zero attached hydrogens (tertiary/aromatic N) is 1. The minimum atomic E-state index is -3.40. The Hall–Kier alpha value is -1.49. The Morgan fingerprint density at radius 3 is 2.10 bits per heavy atom. The Labute approximate surface area is 118 Å². The molecule has 1 aromatic rings. The van der Waals surface area contributed by atoms with Crippen LogP contribution in [-0.2, 0) is 13.6 Å². The zero-order valence-electron chi connectivity index (χ0n) is 11.7. The first-order chi connectivity index (χ1) is 9.48. The van der Waals surface area contributed by atoms with Crippen molar-refractivity contribution in [1.82, 2.24) is 0 Å². The van der Waals surface area contributed by atoms with E-state index in [1.54, 1.807) is 26.8 Å². The summed E-state index contributed by atoms with van der Waals surface area (Å²) in [7, 11) is -3.40. The summed E-state index contributed by atoms with van der Waals surface area (Å²) in [5.74, 6) is 0. The quantitative estimate of drug-likeness (QED) is 0.428. The van der Waals surface area contributed by atoms with E-state index in [4.69, 9.17) is 9.05 Å². The van der Waals surface area contributed by atoms with Gasteiger partial charge < -0.3 is 9.05 Å². The van der Waals surface area contributed by atoms with Crippen LogP contribution in [0.5, 0.6) is 0 Å². The van der Waals surface area contributed by atoms with Crippen molar-refractivity contribution in [3.63, 3.8) is 0 Å². The summed E-state index contributed by atoms with van der Waals surface area (Å²) in [6.45, 7) is 5.69. The predicted octanol–water partition coefficient (Wildman–Crippen LogP) is 4.22. The van der Waals surface area contributed by atoms with E-state index in [0.29, 0.717) is 10.9 Å². The smallest absolute Gasteiger partial charge is 0.305 e. The van der Waals surface area contributed by atoms with Crippen LogP contribution < -0.4 is 0 Å². The molecule has 0 amide bonds. The van der Waals surface area contributed by atoms with Crippen molar-refractivity contribution < 1.29 is 18.5 Å². The van der Waals surface area contributed by atoms with E-state index in [-0.39, 0.29) is 18.9 Å². The Balaban J connectivity index is 3.17. The van der Waals surface area contributed by atoms with E-state index in [1.807, 2.05) is 0 Å². The normalized spacial score (nSPS) is 12.4. The van der Waals surface area contributed by atoms with Gasteiger partial charge in [0, 0.05) is 12.1 Å². The van der Waals surface area contributed by atoms with E-state index in [0.717, 1.165) is 0 Å². The zero-order valence-corrected chi connectivity index (χ0v) is 12.6. The molecule has 0 N–H and O–H groups in total. The lowest BCUT2D eigenvalue weighted by Crippen LogP contribution is -1.99. The molecule has 0 saturated heterocycles. The number of hydrogen-bond acceptors (Lipinski definition) is 5. The van der Waals surface area contributed by atoms with Crippen LogP contribution in [-0.4, -0.2) is 18.1 Å². The SMILES string of the molecule is C/C=C(/c1ccc([N+](=O)[O-])cc1)P(=O)(OCC)OCC. The van der Waals surface area contributed by atoms with Gasteiger partial charge in [-0.25, -0.2) is 0 Å². The Morgan fingerprint density at radius 1 is 1.25 bits per heavy atom. The van der Waals surface area contributed by atoms with Crippen molar-refractivity contribution in [3.8, 4) is 0 Å². The van der Waals surface area contributed by atoms with Crippen LogP contribution in [0.2, 0.25) is 0 Å². The van der Waals surface area contributed by atoms with Gasteiger partial charge in [0.15, 0.2) is 0 Å². The second-order valence-corrected chi connectivity index (χ2v) is 5.80. The molecule has 0 aliphatic heterocycles. The summed E-state index contributed by atoms with van der Waals surface area (Å²) >= 11 is 0. The molecule has 110 valence electrons. The lowest BCUT2D eigenvalue weighted by Gasteiger charge is -2.20. The third kappa shape index (κ3) is 3.76. The van der Waals surface area contributed by atoms with Crippen LogP contribution >= 0.6 is 7.60 Å². The van der Waals surface area contributed by atoms with Gasteiger partial charge >= 0.3 is 7.60 Å². The fraction of sp³-hybridized carbons (Fsp3) is 0.385. The standard InChI is InChI=1S/C13H18NO5P/c1-4-13(20(17,18-5-2)19-6-3)11-7-9-12(10-8-11)14(15)16/h4,7-10H,5-6H2,1-3H3/b13-4-. The van der Waals surface area contributed by atoms with Crippen molar-refractivity contribution in [3.05, 3.63) is 46.0 Å². The van der Waals surface area contributed by atoms with Crippen LogP contribution in [0.15, 0.2) is 30.3 Å². The molecule has 0 spiro atoms. The number of hydrogen-bond donors (Lipinski definition) is 0. The molecule has 0 heterocycles. The van der Waals surface area contributed by atoms with Gasteiger partial charge in [0.25, 0.3) is 5.69 Å². The molecule has 0 atom stereocenters. The maximum atomic E-state index is 12.7. The fourth-order valence-electron chi connectivity index (χ4n) is 1.75. The van der Waals surface area contributed by atoms with Crippen LogP contribution in [0.3, 0.4) is 0 Å². The van der Waals surface area contributed by atoms with Gasteiger partial charge in [-0.05, 0) is 38.5 Å². The van der Waals surface area contributed by atoms with Crippen LogP contribution in [0.1, 0.15) is 26.3 Å². The number of nitro groups is 1. The second-order valence-electron chi connectivity index (χ2n) is 3.81. The molecule has 0 bridgehead atoms. The molecule has 0 fully saturated rings. The van der Waals surface area contributed by atoms with Gasteiger partial charge in [0.2, 0.25) is 0 Å². The Kier molecular flexibility index (Phi) is 6.07. The van der Waals surface area contributed by atoms with Crippen LogP contribution in [0, 0.1) is 10.1 Å². The molecule has 0 aromatic heterocycles. The van der Waals surface area contributed by atoms with Crippen molar-refractivity contribution in [2.45, 2.75) is 20.8 Å². The molecule has 0 aliphatic rings. The average molecular weight is 299 g/mol. The van der Waals surface area contributed by atoms with E-state index in [9.17, 15) is 14.7 Å². The number of allylic oxidation sites excluding steroid dienone is 1. The summed E-state index contributed by atoms with van der Waals surface area (Å²) < 4.78 is 23.3. The highest BCUT2D eigenvalue weighted by molar-refractivity contribution is 7.65. The van der Waals surface area contributed by atoms with Crippen molar-refractivity contribution in [2.75, 3.05) is 13.2 Å². The number of non-ortho nitro benzene ring substituents is 1. The van der Waals surface area contributed by atoms with Gasteiger partial charge in [-0.2, -0.15) is 0 Å². The van der Waals surface area contributed by atoms with Crippen molar-refractivity contribution in [2.24, 2.45) is 0 Å². The summed E-state index contributed by atoms with van der Waals surface area (Å²) in [4.78, 5) is 10.2. The third-order valence-corrected chi connectivity index (χ3v) is 4.84. The fourth-order valence-corrected chi connectivity index (χ4v) is 3.57. The zero-order chi connectivity index (χ0) is 15.2. The van der Waals surface area contributed by atoms with Gasteiger partial charge in [-0.1, -0.05) is 6.08 Å². The van der Waals surface area contributed by atoms with E-state index in [2.05, 4.69) is 0 Å². The highest BCUT2D eigenvalue weighted by Gasteiger charge is 2.30. The average Bonchev–Trinajstić information content (AvgIpc) is 2.40. The topological polar surface area (TPSA) is 78.7 Å². The lowest BCUT2D eigenvalue weighted by molar-refractivity contribution is -0.384. The molecule has 0 unspecified atom stereocenters. The first kappa shape index (κ1) is 16.6. The molecule has 20 heavy (non-hydrogen) atoms. The molecule has 6 nitrogen and oxygen atoms in total. The van der Waals surface area contributed by atoms with Crippen molar-refractivity contribution >= 4 is 18.6 Å². The summed E-state index contributed by atoms with van der Waals surface area (Å²) in [5, 5.41) is 11.1. The molecular weight excluding hydrogens is 281 g/mol. The number of benzene rings is 1. The van der Waals surface area contributed by atoms with Crippen LogP contribution in [0.25, 0.3) is 5.31 Å². The maximum Gasteiger partial charge on any atom is 0.361 e. The minimum absolute atomic E-state index is 0.0214. The van der Waals surface area contributed by atoms with Gasteiger partial charge in [-0.3, -0.25) is 14.7 Å². The summed E-state index contributed by atoms with van der Waals surface area (Å²) in [6, 6.07) is 5.80. The Morgan fingerprint density at radius 2 is 1.75 bits per heavy atom. The molecule has 1 rings (SSSR count). The van der Waals surface area contributed by atoms with Gasteiger partial charge in [0.1, 0.15) is 0 Å². The van der Waals surface area contributed by atoms with Crippen LogP contribution in [0.4, 0.5) is 5.69 Å². The largest absolute Gasteiger partial charge is 0.361 e. The van der Waals surface area contributed by atoms with E-state index >= 15 is 0 Å². The first-order valence-corrected chi connectivity index (χ1v) is 7.83. The van der Waals surface area contributed by atoms with Crippen molar-refractivity contribution in [1.29, 1.82) is 0 Å². The third-order valence-electron chi connectivity index (χ3n) is 2.54. The number of rotatable bonds is 7. The van der Waals surface area contributed by atoms with E-state index < -0.39 is 12.5 Å². The molecule has 7 heteroatoms. The first-order valence-electron chi connectivity index (χ1n) is 6.29. The minimum Gasteiger partial charge on any atom is -0.305 e. The monoisotopic (exact) mass is 299 g/mol. The molecular formula is C13H18NO5P. The predicted molar refractivity (Wildman–Crippen MR) is 77.6 cm³/mol.